The molecule has 1 heterocycles. The first-order valence-corrected chi connectivity index (χ1v) is 4.51. The van der Waals surface area contributed by atoms with Crippen LogP contribution < -0.4 is 0 Å². The molecule has 66 valence electrons. The van der Waals surface area contributed by atoms with Crippen LogP contribution in [0.2, 0.25) is 0 Å². The maximum Gasteiger partial charge on any atom is 0.108 e. The van der Waals surface area contributed by atoms with E-state index in [9.17, 15) is 5.11 Å². The lowest BCUT2D eigenvalue weighted by Crippen LogP contribution is -2.41. The summed E-state index contributed by atoms with van der Waals surface area (Å²) in [7, 11) is 1.97. The predicted octanol–water partition coefficient (Wildman–Crippen LogP) is 1.14. The highest BCUT2D eigenvalue weighted by atomic mass is 16.3. The Balaban J connectivity index is 2.14. The SMILES string of the molecule is CN1CC2=CC=CCC2CC1O. The molecule has 2 atom stereocenters. The van der Waals surface area contributed by atoms with E-state index in [1.165, 1.54) is 5.57 Å². The molecule has 1 saturated heterocycles. The number of likely N-dealkylation sites (tertiary alicyclic amines) is 1. The normalized spacial score (nSPS) is 36.0. The molecule has 0 amide bonds. The van der Waals surface area contributed by atoms with E-state index in [0.29, 0.717) is 5.92 Å². The van der Waals surface area contributed by atoms with Gasteiger partial charge in [0, 0.05) is 6.54 Å². The number of aliphatic hydroxyl groups excluding tert-OH is 1. The summed E-state index contributed by atoms with van der Waals surface area (Å²) in [6.07, 6.45) is 8.27. The van der Waals surface area contributed by atoms with Crippen molar-refractivity contribution in [2.45, 2.75) is 19.1 Å². The smallest absolute Gasteiger partial charge is 0.108 e. The summed E-state index contributed by atoms with van der Waals surface area (Å²) in [4.78, 5) is 2.00. The summed E-state index contributed by atoms with van der Waals surface area (Å²) in [5, 5.41) is 9.59. The Kier molecular flexibility index (Phi) is 2.03. The second-order valence-corrected chi connectivity index (χ2v) is 3.73. The van der Waals surface area contributed by atoms with Gasteiger partial charge in [-0.3, -0.25) is 4.90 Å². The van der Waals surface area contributed by atoms with Crippen molar-refractivity contribution in [3.8, 4) is 0 Å². The van der Waals surface area contributed by atoms with Gasteiger partial charge in [0.15, 0.2) is 0 Å². The summed E-state index contributed by atoms with van der Waals surface area (Å²) < 4.78 is 0. The second-order valence-electron chi connectivity index (χ2n) is 3.73. The van der Waals surface area contributed by atoms with Gasteiger partial charge in [-0.15, -0.1) is 0 Å². The average molecular weight is 165 g/mol. The van der Waals surface area contributed by atoms with Gasteiger partial charge < -0.3 is 5.11 Å². The summed E-state index contributed by atoms with van der Waals surface area (Å²) in [6.45, 7) is 0.927. The molecule has 2 nitrogen and oxygen atoms in total. The van der Waals surface area contributed by atoms with Crippen molar-refractivity contribution in [2.24, 2.45) is 5.92 Å². The van der Waals surface area contributed by atoms with Crippen LogP contribution in [0.5, 0.6) is 0 Å². The molecule has 2 rings (SSSR count). The van der Waals surface area contributed by atoms with Crippen LogP contribution in [-0.4, -0.2) is 29.8 Å². The fourth-order valence-corrected chi connectivity index (χ4v) is 1.98. The summed E-state index contributed by atoms with van der Waals surface area (Å²) in [6, 6.07) is 0. The standard InChI is InChI=1S/C10H15NO/c1-11-7-9-5-3-2-4-8(9)6-10(11)12/h2-3,5,8,10,12H,4,6-7H2,1H3. The zero-order valence-corrected chi connectivity index (χ0v) is 7.40. The van der Waals surface area contributed by atoms with Gasteiger partial charge in [-0.25, -0.2) is 0 Å². The lowest BCUT2D eigenvalue weighted by atomic mass is 9.85. The lowest BCUT2D eigenvalue weighted by molar-refractivity contribution is -0.00658. The largest absolute Gasteiger partial charge is 0.378 e. The Labute approximate surface area is 73.2 Å². The first-order chi connectivity index (χ1) is 5.77. The van der Waals surface area contributed by atoms with Crippen LogP contribution >= 0.6 is 0 Å². The molecule has 2 unspecified atom stereocenters. The van der Waals surface area contributed by atoms with E-state index < -0.39 is 0 Å². The number of allylic oxidation sites excluding steroid dienone is 3. The van der Waals surface area contributed by atoms with E-state index in [1.807, 2.05) is 11.9 Å². The minimum Gasteiger partial charge on any atom is -0.378 e. The molecule has 2 heteroatoms. The maximum atomic E-state index is 9.59. The van der Waals surface area contributed by atoms with Gasteiger partial charge in [-0.1, -0.05) is 23.8 Å². The molecule has 0 radical (unpaired) electrons. The molecule has 0 spiro atoms. The highest BCUT2D eigenvalue weighted by molar-refractivity contribution is 5.23. The van der Waals surface area contributed by atoms with Gasteiger partial charge in [-0.2, -0.15) is 0 Å². The van der Waals surface area contributed by atoms with Gasteiger partial charge >= 0.3 is 0 Å². The molecule has 0 aromatic rings. The maximum absolute atomic E-state index is 9.59. The Bertz CT molecular complexity index is 232. The molecule has 0 aromatic carbocycles. The Morgan fingerprint density at radius 3 is 3.25 bits per heavy atom. The fourth-order valence-electron chi connectivity index (χ4n) is 1.98. The topological polar surface area (TPSA) is 23.5 Å². The Hall–Kier alpha value is -0.600. The molecule has 1 aliphatic heterocycles. The molecule has 12 heavy (non-hydrogen) atoms. The summed E-state index contributed by atoms with van der Waals surface area (Å²) >= 11 is 0. The van der Waals surface area contributed by atoms with E-state index in [-0.39, 0.29) is 6.23 Å². The minimum absolute atomic E-state index is 0.237. The van der Waals surface area contributed by atoms with Gasteiger partial charge in [0.2, 0.25) is 0 Å². The molecule has 1 aliphatic carbocycles. The predicted molar refractivity (Wildman–Crippen MR) is 48.6 cm³/mol. The van der Waals surface area contributed by atoms with E-state index in [2.05, 4.69) is 18.2 Å². The number of rotatable bonds is 0. The molecule has 1 N–H and O–H groups in total. The van der Waals surface area contributed by atoms with Gasteiger partial charge in [0.25, 0.3) is 0 Å². The number of hydrogen-bond acceptors (Lipinski definition) is 2. The van der Waals surface area contributed by atoms with Gasteiger partial charge in [-0.05, 0) is 25.8 Å². The molecule has 0 aromatic heterocycles. The molecule has 0 saturated carbocycles. The first kappa shape index (κ1) is 8.02. The Morgan fingerprint density at radius 2 is 2.42 bits per heavy atom. The van der Waals surface area contributed by atoms with E-state index >= 15 is 0 Å². The van der Waals surface area contributed by atoms with Crippen LogP contribution in [0.15, 0.2) is 23.8 Å². The monoisotopic (exact) mass is 165 g/mol. The van der Waals surface area contributed by atoms with Crippen molar-refractivity contribution < 1.29 is 5.11 Å². The van der Waals surface area contributed by atoms with Gasteiger partial charge in [0.1, 0.15) is 6.23 Å². The molecule has 2 aliphatic rings. The molecule has 1 fully saturated rings. The van der Waals surface area contributed by atoms with Crippen molar-refractivity contribution in [3.05, 3.63) is 23.8 Å². The number of likely N-dealkylation sites (N-methyl/N-ethyl adjacent to an activating group) is 1. The van der Waals surface area contributed by atoms with E-state index in [0.717, 1.165) is 19.4 Å². The summed E-state index contributed by atoms with van der Waals surface area (Å²) in [5.74, 6) is 0.598. The highest BCUT2D eigenvalue weighted by Crippen LogP contribution is 2.30. The van der Waals surface area contributed by atoms with Crippen molar-refractivity contribution in [1.29, 1.82) is 0 Å². The third-order valence-corrected chi connectivity index (χ3v) is 2.83. The van der Waals surface area contributed by atoms with Crippen LogP contribution in [0.25, 0.3) is 0 Å². The van der Waals surface area contributed by atoms with Crippen LogP contribution in [0.3, 0.4) is 0 Å². The number of aliphatic hydroxyl groups is 1. The lowest BCUT2D eigenvalue weighted by Gasteiger charge is -2.36. The van der Waals surface area contributed by atoms with Gasteiger partial charge in [0.05, 0.1) is 0 Å². The average Bonchev–Trinajstić information content (AvgIpc) is 2.07. The van der Waals surface area contributed by atoms with Crippen LogP contribution in [0.1, 0.15) is 12.8 Å². The summed E-state index contributed by atoms with van der Waals surface area (Å²) in [5.41, 5.74) is 1.48. The zero-order valence-electron chi connectivity index (χ0n) is 7.40. The second kappa shape index (κ2) is 3.04. The van der Waals surface area contributed by atoms with Crippen LogP contribution in [0, 0.1) is 5.92 Å². The van der Waals surface area contributed by atoms with Crippen LogP contribution in [0.4, 0.5) is 0 Å². The first-order valence-electron chi connectivity index (χ1n) is 4.51. The zero-order chi connectivity index (χ0) is 8.55. The third kappa shape index (κ3) is 1.32. The number of hydrogen-bond donors (Lipinski definition) is 1. The fraction of sp³-hybridized carbons (Fsp3) is 0.600. The van der Waals surface area contributed by atoms with Crippen molar-refractivity contribution in [2.75, 3.05) is 13.6 Å². The van der Waals surface area contributed by atoms with Crippen LogP contribution in [-0.2, 0) is 0 Å². The molecule has 0 bridgehead atoms. The van der Waals surface area contributed by atoms with Crippen molar-refractivity contribution >= 4 is 0 Å². The third-order valence-electron chi connectivity index (χ3n) is 2.83. The molecular formula is C10H15NO. The number of fused-ring (bicyclic) bond motifs is 1. The number of piperidine rings is 1. The molecular weight excluding hydrogens is 150 g/mol. The quantitative estimate of drug-likeness (QED) is 0.582. The Morgan fingerprint density at radius 1 is 1.58 bits per heavy atom. The van der Waals surface area contributed by atoms with Crippen molar-refractivity contribution in [1.82, 2.24) is 4.90 Å². The van der Waals surface area contributed by atoms with E-state index in [1.54, 1.807) is 0 Å². The number of nitrogens with zero attached hydrogens (tertiary/aromatic N) is 1. The minimum atomic E-state index is -0.237. The highest BCUT2D eigenvalue weighted by Gasteiger charge is 2.27. The van der Waals surface area contributed by atoms with E-state index in [4.69, 9.17) is 0 Å². The van der Waals surface area contributed by atoms with Crippen molar-refractivity contribution in [3.63, 3.8) is 0 Å².